The monoisotopic (exact) mass is 428 g/mol. The predicted octanol–water partition coefficient (Wildman–Crippen LogP) is 5.15. The standard InChI is InChI=1S/C22H25ClN4OS/c1-4-26-21(18-10-12-19(23)13-11-18)24-25-22(26)29-15-20(28)27(16(2)3)14-17-8-6-5-7-9-17/h5-13,16H,4,14-15H2,1-3H3. The molecule has 5 nitrogen and oxygen atoms in total. The number of nitrogens with zero attached hydrogens (tertiary/aromatic N) is 4. The molecule has 0 fully saturated rings. The lowest BCUT2D eigenvalue weighted by Gasteiger charge is -2.26. The molecule has 0 spiro atoms. The molecule has 0 aliphatic carbocycles. The summed E-state index contributed by atoms with van der Waals surface area (Å²) in [6, 6.07) is 17.7. The van der Waals surface area contributed by atoms with Gasteiger partial charge in [0.1, 0.15) is 0 Å². The molecule has 0 saturated heterocycles. The van der Waals surface area contributed by atoms with E-state index in [-0.39, 0.29) is 11.9 Å². The highest BCUT2D eigenvalue weighted by Gasteiger charge is 2.20. The van der Waals surface area contributed by atoms with Crippen molar-refractivity contribution in [2.24, 2.45) is 0 Å². The molecule has 0 saturated carbocycles. The molecule has 0 aliphatic rings. The number of hydrogen-bond donors (Lipinski definition) is 0. The highest BCUT2D eigenvalue weighted by atomic mass is 35.5. The van der Waals surface area contributed by atoms with Gasteiger partial charge >= 0.3 is 0 Å². The molecular formula is C22H25ClN4OS. The fourth-order valence-electron chi connectivity index (χ4n) is 3.04. The number of thioether (sulfide) groups is 1. The molecule has 29 heavy (non-hydrogen) atoms. The van der Waals surface area contributed by atoms with Gasteiger partial charge in [0.05, 0.1) is 5.75 Å². The molecule has 152 valence electrons. The van der Waals surface area contributed by atoms with Crippen molar-refractivity contribution in [3.8, 4) is 11.4 Å². The summed E-state index contributed by atoms with van der Waals surface area (Å²) < 4.78 is 2.03. The first-order valence-corrected chi connectivity index (χ1v) is 11.0. The third-order valence-electron chi connectivity index (χ3n) is 4.60. The number of carbonyl (C=O) groups is 1. The Hall–Kier alpha value is -2.31. The average molecular weight is 429 g/mol. The van der Waals surface area contributed by atoms with Gasteiger partial charge in [-0.1, -0.05) is 53.7 Å². The minimum atomic E-state index is 0.0903. The van der Waals surface area contributed by atoms with Crippen molar-refractivity contribution in [2.75, 3.05) is 5.75 Å². The van der Waals surface area contributed by atoms with Crippen LogP contribution in [0.4, 0.5) is 0 Å². The van der Waals surface area contributed by atoms with Gasteiger partial charge in [-0.15, -0.1) is 10.2 Å². The molecular weight excluding hydrogens is 404 g/mol. The second-order valence-electron chi connectivity index (χ2n) is 6.95. The van der Waals surface area contributed by atoms with E-state index in [0.717, 1.165) is 28.7 Å². The van der Waals surface area contributed by atoms with Crippen molar-refractivity contribution in [3.05, 3.63) is 65.2 Å². The molecule has 1 heterocycles. The first kappa shape index (κ1) is 21.4. The predicted molar refractivity (Wildman–Crippen MR) is 119 cm³/mol. The minimum Gasteiger partial charge on any atom is -0.335 e. The second kappa shape index (κ2) is 9.94. The topological polar surface area (TPSA) is 51.0 Å². The van der Waals surface area contributed by atoms with Crippen LogP contribution in [0.25, 0.3) is 11.4 Å². The Labute approximate surface area is 181 Å². The number of hydrogen-bond acceptors (Lipinski definition) is 4. The van der Waals surface area contributed by atoms with E-state index in [0.29, 0.717) is 17.3 Å². The van der Waals surface area contributed by atoms with Crippen molar-refractivity contribution in [1.29, 1.82) is 0 Å². The van der Waals surface area contributed by atoms with Crippen molar-refractivity contribution in [2.45, 2.75) is 45.1 Å². The largest absolute Gasteiger partial charge is 0.335 e. The Kier molecular flexibility index (Phi) is 7.34. The zero-order valence-corrected chi connectivity index (χ0v) is 18.5. The lowest BCUT2D eigenvalue weighted by molar-refractivity contribution is -0.130. The summed E-state index contributed by atoms with van der Waals surface area (Å²) in [7, 11) is 0. The highest BCUT2D eigenvalue weighted by Crippen LogP contribution is 2.25. The van der Waals surface area contributed by atoms with E-state index in [9.17, 15) is 4.79 Å². The fourth-order valence-corrected chi connectivity index (χ4v) is 4.06. The smallest absolute Gasteiger partial charge is 0.233 e. The van der Waals surface area contributed by atoms with Crippen molar-refractivity contribution < 1.29 is 4.79 Å². The van der Waals surface area contributed by atoms with Gasteiger partial charge in [0.15, 0.2) is 11.0 Å². The lowest BCUT2D eigenvalue weighted by Crippen LogP contribution is -2.37. The molecule has 0 N–H and O–H groups in total. The number of carbonyl (C=O) groups excluding carboxylic acids is 1. The Balaban J connectivity index is 1.71. The third-order valence-corrected chi connectivity index (χ3v) is 5.80. The van der Waals surface area contributed by atoms with Gasteiger partial charge < -0.3 is 9.47 Å². The number of rotatable bonds is 8. The van der Waals surface area contributed by atoms with Crippen LogP contribution in [-0.4, -0.2) is 37.4 Å². The third kappa shape index (κ3) is 5.40. The lowest BCUT2D eigenvalue weighted by atomic mass is 10.2. The van der Waals surface area contributed by atoms with E-state index >= 15 is 0 Å². The van der Waals surface area contributed by atoms with Gasteiger partial charge in [-0.3, -0.25) is 4.79 Å². The summed E-state index contributed by atoms with van der Waals surface area (Å²) in [4.78, 5) is 14.8. The molecule has 0 atom stereocenters. The summed E-state index contributed by atoms with van der Waals surface area (Å²) in [6.45, 7) is 7.45. The van der Waals surface area contributed by atoms with Crippen LogP contribution in [0, 0.1) is 0 Å². The molecule has 1 amide bonds. The number of benzene rings is 2. The Bertz CT molecular complexity index is 941. The first-order valence-electron chi connectivity index (χ1n) is 9.65. The summed E-state index contributed by atoms with van der Waals surface area (Å²) >= 11 is 7.41. The average Bonchev–Trinajstić information content (AvgIpc) is 3.14. The van der Waals surface area contributed by atoms with Gasteiger partial charge in [0.2, 0.25) is 5.91 Å². The molecule has 1 aromatic heterocycles. The van der Waals surface area contributed by atoms with Crippen LogP contribution >= 0.6 is 23.4 Å². The number of halogens is 1. The van der Waals surface area contributed by atoms with Crippen molar-refractivity contribution >= 4 is 29.3 Å². The van der Waals surface area contributed by atoms with Gasteiger partial charge in [0, 0.05) is 29.7 Å². The summed E-state index contributed by atoms with van der Waals surface area (Å²) in [5, 5.41) is 10.1. The molecule has 0 unspecified atom stereocenters. The van der Waals surface area contributed by atoms with Crippen molar-refractivity contribution in [3.63, 3.8) is 0 Å². The maximum Gasteiger partial charge on any atom is 0.233 e. The molecule has 0 radical (unpaired) electrons. The minimum absolute atomic E-state index is 0.0903. The second-order valence-corrected chi connectivity index (χ2v) is 8.33. The van der Waals surface area contributed by atoms with Crippen LogP contribution in [-0.2, 0) is 17.9 Å². The molecule has 2 aromatic carbocycles. The van der Waals surface area contributed by atoms with Gasteiger partial charge in [0.25, 0.3) is 0 Å². The van der Waals surface area contributed by atoms with Gasteiger partial charge in [-0.25, -0.2) is 0 Å². The quantitative estimate of drug-likeness (QED) is 0.465. The first-order chi connectivity index (χ1) is 14.0. The Morgan fingerprint density at radius 1 is 1.10 bits per heavy atom. The summed E-state index contributed by atoms with van der Waals surface area (Å²) in [5.41, 5.74) is 2.08. The Morgan fingerprint density at radius 3 is 2.41 bits per heavy atom. The van der Waals surface area contributed by atoms with Crippen LogP contribution in [0.1, 0.15) is 26.3 Å². The molecule has 3 rings (SSSR count). The number of amides is 1. The SMILES string of the molecule is CCn1c(SCC(=O)N(Cc2ccccc2)C(C)C)nnc1-c1ccc(Cl)cc1. The van der Waals surface area contributed by atoms with E-state index in [4.69, 9.17) is 11.6 Å². The van der Waals surface area contributed by atoms with Gasteiger partial charge in [-0.05, 0) is 50.6 Å². The molecule has 0 bridgehead atoms. The van der Waals surface area contributed by atoms with E-state index in [2.05, 4.69) is 10.2 Å². The van der Waals surface area contributed by atoms with Gasteiger partial charge in [-0.2, -0.15) is 0 Å². The summed E-state index contributed by atoms with van der Waals surface area (Å²) in [5.74, 6) is 1.20. The van der Waals surface area contributed by atoms with E-state index in [1.54, 1.807) is 0 Å². The van der Waals surface area contributed by atoms with Crippen LogP contribution in [0.5, 0.6) is 0 Å². The molecule has 3 aromatic rings. The van der Waals surface area contributed by atoms with Crippen LogP contribution < -0.4 is 0 Å². The van der Waals surface area contributed by atoms with E-state index in [1.807, 2.05) is 84.8 Å². The molecule has 0 aliphatic heterocycles. The van der Waals surface area contributed by atoms with Crippen LogP contribution in [0.2, 0.25) is 5.02 Å². The van der Waals surface area contributed by atoms with E-state index in [1.165, 1.54) is 11.8 Å². The Morgan fingerprint density at radius 2 is 1.79 bits per heavy atom. The highest BCUT2D eigenvalue weighted by molar-refractivity contribution is 7.99. The maximum atomic E-state index is 12.9. The van der Waals surface area contributed by atoms with E-state index < -0.39 is 0 Å². The zero-order valence-electron chi connectivity index (χ0n) is 16.9. The normalized spacial score (nSPS) is 11.1. The van der Waals surface area contributed by atoms with Crippen molar-refractivity contribution in [1.82, 2.24) is 19.7 Å². The van der Waals surface area contributed by atoms with Crippen LogP contribution in [0.3, 0.4) is 0 Å². The maximum absolute atomic E-state index is 12.9. The van der Waals surface area contributed by atoms with Crippen LogP contribution in [0.15, 0.2) is 59.8 Å². The number of aromatic nitrogens is 3. The molecule has 7 heteroatoms. The summed E-state index contributed by atoms with van der Waals surface area (Å²) in [6.07, 6.45) is 0. The zero-order chi connectivity index (χ0) is 20.8. The fraction of sp³-hybridized carbons (Fsp3) is 0.318.